The second-order valence-electron chi connectivity index (χ2n) is 5.82. The van der Waals surface area contributed by atoms with Gasteiger partial charge >= 0.3 is 0 Å². The summed E-state index contributed by atoms with van der Waals surface area (Å²) in [5.74, 6) is -0.0530. The predicted octanol–water partition coefficient (Wildman–Crippen LogP) is 2.44. The average Bonchev–Trinajstić information content (AvgIpc) is 2.48. The highest BCUT2D eigenvalue weighted by Gasteiger charge is 2.51. The van der Waals surface area contributed by atoms with Crippen LogP contribution >= 0.6 is 12.4 Å². The van der Waals surface area contributed by atoms with Crippen LogP contribution in [0.2, 0.25) is 0 Å². The lowest BCUT2D eigenvalue weighted by atomic mass is 9.62. The zero-order chi connectivity index (χ0) is 14.9. The molecule has 2 aromatic rings. The fourth-order valence-corrected chi connectivity index (χ4v) is 3.50. The van der Waals surface area contributed by atoms with Crippen LogP contribution in [0.1, 0.15) is 11.1 Å². The molecule has 0 aromatic heterocycles. The third kappa shape index (κ3) is 2.51. The zero-order valence-electron chi connectivity index (χ0n) is 12.6. The molecule has 4 heteroatoms. The van der Waals surface area contributed by atoms with E-state index >= 15 is 0 Å². The van der Waals surface area contributed by atoms with E-state index in [1.54, 1.807) is 0 Å². The second kappa shape index (κ2) is 6.51. The first-order valence-corrected chi connectivity index (χ1v) is 7.25. The standard InChI is InChI=1S/C18H20N2O.ClH/c1-20-12-16(13-20)18(17(19)21,14-8-4-2-5-9-14)15-10-6-3-7-11-15;/h2-11,16H,12-13H2,1H3,(H2,19,21);1H. The van der Waals surface area contributed by atoms with Crippen molar-refractivity contribution in [1.82, 2.24) is 4.90 Å². The molecule has 116 valence electrons. The number of carbonyl (C=O) groups is 1. The summed E-state index contributed by atoms with van der Waals surface area (Å²) in [7, 11) is 2.07. The number of nitrogens with two attached hydrogens (primary N) is 1. The number of likely N-dealkylation sites (tertiary alicyclic amines) is 1. The molecule has 1 heterocycles. The van der Waals surface area contributed by atoms with E-state index in [1.165, 1.54) is 0 Å². The molecule has 2 aromatic carbocycles. The Bertz CT molecular complexity index is 585. The molecule has 1 amide bonds. The second-order valence-corrected chi connectivity index (χ2v) is 5.82. The monoisotopic (exact) mass is 316 g/mol. The first-order chi connectivity index (χ1) is 10.2. The van der Waals surface area contributed by atoms with Gasteiger partial charge in [0, 0.05) is 19.0 Å². The molecule has 1 fully saturated rings. The van der Waals surface area contributed by atoms with Crippen molar-refractivity contribution in [3.05, 3.63) is 71.8 Å². The van der Waals surface area contributed by atoms with Gasteiger partial charge in [0.15, 0.2) is 0 Å². The molecule has 3 nitrogen and oxygen atoms in total. The van der Waals surface area contributed by atoms with E-state index in [1.807, 2.05) is 60.7 Å². The van der Waals surface area contributed by atoms with Crippen LogP contribution < -0.4 is 5.73 Å². The number of rotatable bonds is 4. The molecule has 1 aliphatic rings. The van der Waals surface area contributed by atoms with Gasteiger partial charge in [0.25, 0.3) is 0 Å². The Kier molecular flexibility index (Phi) is 4.89. The van der Waals surface area contributed by atoms with Crippen LogP contribution in [0.15, 0.2) is 60.7 Å². The van der Waals surface area contributed by atoms with E-state index in [0.717, 1.165) is 24.2 Å². The van der Waals surface area contributed by atoms with Crippen molar-refractivity contribution in [2.75, 3.05) is 20.1 Å². The maximum absolute atomic E-state index is 12.6. The first-order valence-electron chi connectivity index (χ1n) is 7.25. The highest BCUT2D eigenvalue weighted by atomic mass is 35.5. The summed E-state index contributed by atoms with van der Waals surface area (Å²) in [5, 5.41) is 0. The van der Waals surface area contributed by atoms with Crippen molar-refractivity contribution in [3.8, 4) is 0 Å². The van der Waals surface area contributed by atoms with Gasteiger partial charge in [-0.2, -0.15) is 0 Å². The third-order valence-corrected chi connectivity index (χ3v) is 4.52. The number of amides is 1. The minimum atomic E-state index is -0.741. The summed E-state index contributed by atoms with van der Waals surface area (Å²) in [6.07, 6.45) is 0. The lowest BCUT2D eigenvalue weighted by molar-refractivity contribution is -0.126. The number of primary amides is 1. The van der Waals surface area contributed by atoms with Crippen LogP contribution in [0.3, 0.4) is 0 Å². The van der Waals surface area contributed by atoms with Crippen LogP contribution in [0.25, 0.3) is 0 Å². The summed E-state index contributed by atoms with van der Waals surface area (Å²) < 4.78 is 0. The SMILES string of the molecule is CN1CC(C(C(N)=O)(c2ccccc2)c2ccccc2)C1.Cl. The molecule has 0 aliphatic carbocycles. The Hall–Kier alpha value is -1.84. The molecule has 0 radical (unpaired) electrons. The first kappa shape index (κ1) is 16.5. The Morgan fingerprint density at radius 1 is 1.00 bits per heavy atom. The normalized spacial score (nSPS) is 15.7. The largest absolute Gasteiger partial charge is 0.369 e. The molecule has 0 spiro atoms. The van der Waals surface area contributed by atoms with Crippen molar-refractivity contribution in [3.63, 3.8) is 0 Å². The zero-order valence-corrected chi connectivity index (χ0v) is 13.4. The minimum absolute atomic E-state index is 0. The minimum Gasteiger partial charge on any atom is -0.369 e. The van der Waals surface area contributed by atoms with E-state index in [0.29, 0.717) is 0 Å². The molecule has 3 rings (SSSR count). The maximum Gasteiger partial charge on any atom is 0.232 e. The molecule has 2 N–H and O–H groups in total. The molecule has 0 bridgehead atoms. The highest BCUT2D eigenvalue weighted by Crippen LogP contribution is 2.43. The summed E-state index contributed by atoms with van der Waals surface area (Å²) in [6, 6.07) is 19.9. The Balaban J connectivity index is 0.00000176. The van der Waals surface area contributed by atoms with Crippen LogP contribution in [-0.4, -0.2) is 30.9 Å². The quantitative estimate of drug-likeness (QED) is 0.941. The van der Waals surface area contributed by atoms with E-state index in [9.17, 15) is 4.79 Å². The van der Waals surface area contributed by atoms with Crippen molar-refractivity contribution in [1.29, 1.82) is 0 Å². The molecule has 0 saturated carbocycles. The van der Waals surface area contributed by atoms with E-state index in [2.05, 4.69) is 11.9 Å². The molecule has 0 atom stereocenters. The fourth-order valence-electron chi connectivity index (χ4n) is 3.50. The number of hydrogen-bond donors (Lipinski definition) is 1. The average molecular weight is 317 g/mol. The number of benzene rings is 2. The Morgan fingerprint density at radius 3 is 1.73 bits per heavy atom. The smallest absolute Gasteiger partial charge is 0.232 e. The van der Waals surface area contributed by atoms with Gasteiger partial charge in [0.05, 0.1) is 0 Å². The number of nitrogens with zero attached hydrogens (tertiary/aromatic N) is 1. The van der Waals surface area contributed by atoms with Gasteiger partial charge in [0.2, 0.25) is 5.91 Å². The predicted molar refractivity (Wildman–Crippen MR) is 91.1 cm³/mol. The summed E-state index contributed by atoms with van der Waals surface area (Å²) >= 11 is 0. The summed E-state index contributed by atoms with van der Waals surface area (Å²) in [6.45, 7) is 1.76. The number of carbonyl (C=O) groups excluding carboxylic acids is 1. The highest BCUT2D eigenvalue weighted by molar-refractivity contribution is 5.91. The Morgan fingerprint density at radius 2 is 1.41 bits per heavy atom. The molecule has 0 unspecified atom stereocenters. The van der Waals surface area contributed by atoms with Gasteiger partial charge in [-0.1, -0.05) is 60.7 Å². The van der Waals surface area contributed by atoms with Crippen LogP contribution in [0.5, 0.6) is 0 Å². The fraction of sp³-hybridized carbons (Fsp3) is 0.278. The summed E-state index contributed by atoms with van der Waals surface area (Å²) in [5.41, 5.74) is 7.17. The van der Waals surface area contributed by atoms with Crippen molar-refractivity contribution >= 4 is 18.3 Å². The van der Waals surface area contributed by atoms with Crippen LogP contribution in [-0.2, 0) is 10.2 Å². The molecule has 22 heavy (non-hydrogen) atoms. The van der Waals surface area contributed by atoms with Gasteiger partial charge in [-0.15, -0.1) is 12.4 Å². The van der Waals surface area contributed by atoms with E-state index in [-0.39, 0.29) is 24.2 Å². The van der Waals surface area contributed by atoms with Gasteiger partial charge in [-0.25, -0.2) is 0 Å². The van der Waals surface area contributed by atoms with Crippen LogP contribution in [0.4, 0.5) is 0 Å². The van der Waals surface area contributed by atoms with Crippen molar-refractivity contribution in [2.24, 2.45) is 11.7 Å². The molecular weight excluding hydrogens is 296 g/mol. The molecule has 1 saturated heterocycles. The van der Waals surface area contributed by atoms with Crippen molar-refractivity contribution < 1.29 is 4.79 Å². The van der Waals surface area contributed by atoms with Gasteiger partial charge in [-0.05, 0) is 18.2 Å². The number of halogens is 1. The lowest BCUT2D eigenvalue weighted by Gasteiger charge is -2.48. The van der Waals surface area contributed by atoms with Gasteiger partial charge < -0.3 is 10.6 Å². The van der Waals surface area contributed by atoms with E-state index in [4.69, 9.17) is 5.73 Å². The van der Waals surface area contributed by atoms with E-state index < -0.39 is 5.41 Å². The summed E-state index contributed by atoms with van der Waals surface area (Å²) in [4.78, 5) is 14.8. The van der Waals surface area contributed by atoms with Gasteiger partial charge in [-0.3, -0.25) is 4.79 Å². The number of hydrogen-bond acceptors (Lipinski definition) is 2. The molecular formula is C18H21ClN2O. The maximum atomic E-state index is 12.6. The third-order valence-electron chi connectivity index (χ3n) is 4.52. The lowest BCUT2D eigenvalue weighted by Crippen LogP contribution is -2.60. The van der Waals surface area contributed by atoms with Crippen molar-refractivity contribution in [2.45, 2.75) is 5.41 Å². The topological polar surface area (TPSA) is 46.3 Å². The Labute approximate surface area is 137 Å². The molecule has 1 aliphatic heterocycles. The van der Waals surface area contributed by atoms with Gasteiger partial charge in [0.1, 0.15) is 5.41 Å². The van der Waals surface area contributed by atoms with Crippen LogP contribution in [0, 0.1) is 5.92 Å².